The van der Waals surface area contributed by atoms with E-state index in [1.54, 1.807) is 24.3 Å². The lowest BCUT2D eigenvalue weighted by atomic mass is 10.1. The lowest BCUT2D eigenvalue weighted by Crippen LogP contribution is -2.53. The van der Waals surface area contributed by atoms with Crippen LogP contribution in [-0.4, -0.2) is 52.0 Å². The van der Waals surface area contributed by atoms with Gasteiger partial charge in [-0.1, -0.05) is 0 Å². The Balaban J connectivity index is 2.07. The SMILES string of the molecule is COC(=O)c1ccc(N2CCNC[C@H]2COC(F)F)cc1. The molecule has 7 heteroatoms. The van der Waals surface area contributed by atoms with Gasteiger partial charge in [-0.2, -0.15) is 8.78 Å². The molecule has 1 saturated heterocycles. The van der Waals surface area contributed by atoms with Crippen LogP contribution in [0.1, 0.15) is 10.4 Å². The van der Waals surface area contributed by atoms with Crippen LogP contribution in [-0.2, 0) is 9.47 Å². The first-order chi connectivity index (χ1) is 10.1. The molecule has 1 aliphatic rings. The molecule has 21 heavy (non-hydrogen) atoms. The van der Waals surface area contributed by atoms with E-state index in [2.05, 4.69) is 14.8 Å². The first kappa shape index (κ1) is 15.7. The van der Waals surface area contributed by atoms with Crippen molar-refractivity contribution < 1.29 is 23.0 Å². The Bertz CT molecular complexity index is 468. The van der Waals surface area contributed by atoms with Gasteiger partial charge in [-0.25, -0.2) is 4.79 Å². The summed E-state index contributed by atoms with van der Waals surface area (Å²) in [6.07, 6.45) is 0. The summed E-state index contributed by atoms with van der Waals surface area (Å²) in [5.41, 5.74) is 1.32. The number of esters is 1. The zero-order valence-corrected chi connectivity index (χ0v) is 11.7. The smallest absolute Gasteiger partial charge is 0.345 e. The largest absolute Gasteiger partial charge is 0.465 e. The number of alkyl halides is 2. The van der Waals surface area contributed by atoms with Crippen molar-refractivity contribution in [2.45, 2.75) is 12.7 Å². The molecule has 1 fully saturated rings. The maximum atomic E-state index is 12.2. The Morgan fingerprint density at radius 2 is 2.14 bits per heavy atom. The molecule has 1 heterocycles. The van der Waals surface area contributed by atoms with Gasteiger partial charge in [0.15, 0.2) is 0 Å². The zero-order chi connectivity index (χ0) is 15.2. The van der Waals surface area contributed by atoms with Crippen LogP contribution >= 0.6 is 0 Å². The Kier molecular flexibility index (Phi) is 5.46. The first-order valence-electron chi connectivity index (χ1n) is 6.67. The van der Waals surface area contributed by atoms with Crippen molar-refractivity contribution in [2.24, 2.45) is 0 Å². The quantitative estimate of drug-likeness (QED) is 0.835. The van der Waals surface area contributed by atoms with Crippen LogP contribution in [0.2, 0.25) is 0 Å². The molecule has 5 nitrogen and oxygen atoms in total. The molecule has 116 valence electrons. The molecule has 0 spiro atoms. The van der Waals surface area contributed by atoms with E-state index in [-0.39, 0.29) is 12.6 Å². The standard InChI is InChI=1S/C14H18F2N2O3/c1-20-13(19)10-2-4-11(5-3-10)18-7-6-17-8-12(18)9-21-14(15)16/h2-5,12,14,17H,6-9H2,1H3/t12-/m0/s1. The summed E-state index contributed by atoms with van der Waals surface area (Å²) >= 11 is 0. The van der Waals surface area contributed by atoms with E-state index in [1.807, 2.05) is 4.90 Å². The maximum Gasteiger partial charge on any atom is 0.345 e. The molecule has 1 aromatic rings. The van der Waals surface area contributed by atoms with Gasteiger partial charge in [0.2, 0.25) is 0 Å². The average molecular weight is 300 g/mol. The maximum absolute atomic E-state index is 12.2. The lowest BCUT2D eigenvalue weighted by Gasteiger charge is -2.37. The summed E-state index contributed by atoms with van der Waals surface area (Å²) in [5, 5.41) is 3.16. The molecule has 2 rings (SSSR count). The summed E-state index contributed by atoms with van der Waals surface area (Å²) in [6, 6.07) is 6.72. The van der Waals surface area contributed by atoms with E-state index in [9.17, 15) is 13.6 Å². The van der Waals surface area contributed by atoms with Crippen molar-refractivity contribution in [1.82, 2.24) is 5.32 Å². The second kappa shape index (κ2) is 7.33. The molecule has 0 amide bonds. The molecule has 0 aromatic heterocycles. The number of rotatable bonds is 5. The molecule has 0 unspecified atom stereocenters. The van der Waals surface area contributed by atoms with E-state index in [0.717, 1.165) is 12.2 Å². The first-order valence-corrected chi connectivity index (χ1v) is 6.67. The second-order valence-electron chi connectivity index (χ2n) is 4.68. The van der Waals surface area contributed by atoms with Gasteiger partial charge in [0.05, 0.1) is 25.3 Å². The van der Waals surface area contributed by atoms with Gasteiger partial charge in [0.1, 0.15) is 0 Å². The number of hydrogen-bond acceptors (Lipinski definition) is 5. The topological polar surface area (TPSA) is 50.8 Å². The van der Waals surface area contributed by atoms with Crippen LogP contribution in [0.25, 0.3) is 0 Å². The highest BCUT2D eigenvalue weighted by Gasteiger charge is 2.24. The number of nitrogens with zero attached hydrogens (tertiary/aromatic N) is 1. The Labute approximate surface area is 121 Å². The van der Waals surface area contributed by atoms with Gasteiger partial charge in [0, 0.05) is 25.3 Å². The van der Waals surface area contributed by atoms with Gasteiger partial charge >= 0.3 is 12.6 Å². The summed E-state index contributed by atoms with van der Waals surface area (Å²) in [6.45, 7) is -0.788. The number of nitrogens with one attached hydrogen (secondary N) is 1. The van der Waals surface area contributed by atoms with Crippen molar-refractivity contribution >= 4 is 11.7 Å². The third kappa shape index (κ3) is 4.12. The number of ether oxygens (including phenoxy) is 2. The Morgan fingerprint density at radius 1 is 1.43 bits per heavy atom. The van der Waals surface area contributed by atoms with Gasteiger partial charge in [0.25, 0.3) is 0 Å². The highest BCUT2D eigenvalue weighted by molar-refractivity contribution is 5.89. The highest BCUT2D eigenvalue weighted by Crippen LogP contribution is 2.20. The molecule has 0 radical (unpaired) electrons. The molecular formula is C14H18F2N2O3. The Morgan fingerprint density at radius 3 is 2.76 bits per heavy atom. The number of halogens is 2. The summed E-state index contributed by atoms with van der Waals surface area (Å²) in [4.78, 5) is 13.4. The minimum Gasteiger partial charge on any atom is -0.465 e. The monoisotopic (exact) mass is 300 g/mol. The molecule has 0 aliphatic carbocycles. The van der Waals surface area contributed by atoms with E-state index in [1.165, 1.54) is 7.11 Å². The van der Waals surface area contributed by atoms with Crippen molar-refractivity contribution in [3.05, 3.63) is 29.8 Å². The lowest BCUT2D eigenvalue weighted by molar-refractivity contribution is -0.132. The number of piperazine rings is 1. The van der Waals surface area contributed by atoms with Crippen molar-refractivity contribution in [2.75, 3.05) is 38.3 Å². The number of carbonyl (C=O) groups is 1. The van der Waals surface area contributed by atoms with Crippen LogP contribution < -0.4 is 10.2 Å². The summed E-state index contributed by atoms with van der Waals surface area (Å²) in [7, 11) is 1.32. The van der Waals surface area contributed by atoms with Gasteiger partial charge < -0.3 is 19.7 Å². The Hall–Kier alpha value is -1.73. The molecule has 1 aromatic carbocycles. The number of hydrogen-bond donors (Lipinski definition) is 1. The number of benzene rings is 1. The van der Waals surface area contributed by atoms with Crippen LogP contribution in [0.15, 0.2) is 24.3 Å². The van der Waals surface area contributed by atoms with Crippen molar-refractivity contribution in [3.8, 4) is 0 Å². The van der Waals surface area contributed by atoms with Crippen molar-refractivity contribution in [1.29, 1.82) is 0 Å². The third-order valence-corrected chi connectivity index (χ3v) is 3.38. The van der Waals surface area contributed by atoms with Crippen LogP contribution in [0.4, 0.5) is 14.5 Å². The van der Waals surface area contributed by atoms with Crippen molar-refractivity contribution in [3.63, 3.8) is 0 Å². The highest BCUT2D eigenvalue weighted by atomic mass is 19.3. The van der Waals surface area contributed by atoms with Gasteiger partial charge in [-0.05, 0) is 24.3 Å². The molecule has 1 aliphatic heterocycles. The van der Waals surface area contributed by atoms with E-state index in [0.29, 0.717) is 18.7 Å². The fourth-order valence-corrected chi connectivity index (χ4v) is 2.34. The minimum absolute atomic E-state index is 0.0522. The van der Waals surface area contributed by atoms with Crippen LogP contribution in [0.5, 0.6) is 0 Å². The van der Waals surface area contributed by atoms with Gasteiger partial charge in [-0.15, -0.1) is 0 Å². The average Bonchev–Trinajstić information content (AvgIpc) is 2.52. The molecule has 0 saturated carbocycles. The van der Waals surface area contributed by atoms with Crippen LogP contribution in [0, 0.1) is 0 Å². The number of methoxy groups -OCH3 is 1. The predicted octanol–water partition coefficient (Wildman–Crippen LogP) is 1.49. The summed E-state index contributed by atoms with van der Waals surface area (Å²) < 4.78 is 33.4. The van der Waals surface area contributed by atoms with Gasteiger partial charge in [-0.3, -0.25) is 0 Å². The molecule has 0 bridgehead atoms. The normalized spacial score (nSPS) is 18.9. The fraction of sp³-hybridized carbons (Fsp3) is 0.500. The zero-order valence-electron chi connectivity index (χ0n) is 11.7. The van der Waals surface area contributed by atoms with E-state index < -0.39 is 12.6 Å². The number of carbonyl (C=O) groups excluding carboxylic acids is 1. The van der Waals surface area contributed by atoms with E-state index >= 15 is 0 Å². The third-order valence-electron chi connectivity index (χ3n) is 3.38. The molecule has 1 atom stereocenters. The number of anilines is 1. The summed E-state index contributed by atoms with van der Waals surface area (Å²) in [5.74, 6) is -0.403. The van der Waals surface area contributed by atoms with E-state index in [4.69, 9.17) is 0 Å². The fourth-order valence-electron chi connectivity index (χ4n) is 2.34. The second-order valence-corrected chi connectivity index (χ2v) is 4.68. The molecular weight excluding hydrogens is 282 g/mol. The predicted molar refractivity (Wildman–Crippen MR) is 73.7 cm³/mol. The molecule has 1 N–H and O–H groups in total. The minimum atomic E-state index is -2.77. The van der Waals surface area contributed by atoms with Crippen LogP contribution in [0.3, 0.4) is 0 Å².